The number of nitrogens with one attached hydrogen (secondary N) is 1. The minimum atomic E-state index is 0.0683. The van der Waals surface area contributed by atoms with E-state index in [1.54, 1.807) is 0 Å². The largest absolute Gasteiger partial charge is 0.349 e. The highest BCUT2D eigenvalue weighted by Gasteiger charge is 2.28. The highest BCUT2D eigenvalue weighted by atomic mass is 16.1. The first-order valence-corrected chi connectivity index (χ1v) is 10.7. The number of nitrogens with zero attached hydrogens (tertiary/aromatic N) is 1. The number of carbonyl (C=O) groups excluding carboxylic acids is 1. The predicted molar refractivity (Wildman–Crippen MR) is 111 cm³/mol. The average molecular weight is 365 g/mol. The summed E-state index contributed by atoms with van der Waals surface area (Å²) in [5, 5.41) is 3.29. The topological polar surface area (TPSA) is 34.0 Å². The van der Waals surface area contributed by atoms with Gasteiger partial charge in [0.25, 0.3) is 5.91 Å². The first-order valence-electron chi connectivity index (χ1n) is 10.7. The van der Waals surface area contributed by atoms with Crippen molar-refractivity contribution in [2.24, 2.45) is 11.8 Å². The Bertz CT molecular complexity index is 818. The van der Waals surface area contributed by atoms with Gasteiger partial charge in [-0.05, 0) is 86.8 Å². The van der Waals surface area contributed by atoms with E-state index in [-0.39, 0.29) is 5.91 Å². The van der Waals surface area contributed by atoms with Crippen LogP contribution in [0.4, 0.5) is 0 Å². The Morgan fingerprint density at radius 2 is 1.78 bits per heavy atom. The molecule has 2 aliphatic rings. The zero-order chi connectivity index (χ0) is 19.0. The molecule has 3 heteroatoms. The van der Waals surface area contributed by atoms with Crippen LogP contribution in [0.5, 0.6) is 0 Å². The lowest BCUT2D eigenvalue weighted by Crippen LogP contribution is -2.43. The summed E-state index contributed by atoms with van der Waals surface area (Å²) in [6, 6.07) is 10.8. The van der Waals surface area contributed by atoms with Crippen LogP contribution in [0.25, 0.3) is 5.69 Å². The summed E-state index contributed by atoms with van der Waals surface area (Å²) in [7, 11) is 0. The number of benzene rings is 1. The molecule has 2 aliphatic carbocycles. The van der Waals surface area contributed by atoms with Gasteiger partial charge in [0.15, 0.2) is 0 Å². The second-order valence-corrected chi connectivity index (χ2v) is 8.69. The third kappa shape index (κ3) is 3.56. The second-order valence-electron chi connectivity index (χ2n) is 8.69. The fourth-order valence-electron chi connectivity index (χ4n) is 5.01. The molecule has 2 aromatic rings. The molecule has 0 radical (unpaired) electrons. The van der Waals surface area contributed by atoms with Crippen molar-refractivity contribution in [2.75, 3.05) is 0 Å². The lowest BCUT2D eigenvalue weighted by atomic mass is 9.78. The highest BCUT2D eigenvalue weighted by molar-refractivity contribution is 5.94. The molecule has 0 bridgehead atoms. The third-order valence-corrected chi connectivity index (χ3v) is 6.90. The average Bonchev–Trinajstić information content (AvgIpc) is 3.01. The maximum Gasteiger partial charge on any atom is 0.251 e. The van der Waals surface area contributed by atoms with Gasteiger partial charge in [0.2, 0.25) is 0 Å². The number of aryl methyl sites for hydroxylation is 2. The Balaban J connectivity index is 1.51. The first-order chi connectivity index (χ1) is 13.0. The predicted octanol–water partition coefficient (Wildman–Crippen LogP) is 5.22. The smallest absolute Gasteiger partial charge is 0.251 e. The van der Waals surface area contributed by atoms with Gasteiger partial charge in [-0.2, -0.15) is 0 Å². The Labute approximate surface area is 163 Å². The van der Waals surface area contributed by atoms with E-state index in [1.165, 1.54) is 54.7 Å². The van der Waals surface area contributed by atoms with Crippen molar-refractivity contribution in [3.63, 3.8) is 0 Å². The van der Waals surface area contributed by atoms with Gasteiger partial charge in [-0.15, -0.1) is 0 Å². The van der Waals surface area contributed by atoms with Gasteiger partial charge < -0.3 is 9.88 Å². The fraction of sp³-hybridized carbons (Fsp3) is 0.542. The number of amides is 1. The van der Waals surface area contributed by atoms with Crippen LogP contribution < -0.4 is 5.32 Å². The van der Waals surface area contributed by atoms with Crippen molar-refractivity contribution in [3.8, 4) is 5.69 Å². The fourth-order valence-corrected chi connectivity index (χ4v) is 5.01. The number of fused-ring (bicyclic) bond motifs is 1. The van der Waals surface area contributed by atoms with Crippen LogP contribution >= 0.6 is 0 Å². The molecule has 144 valence electrons. The maximum atomic E-state index is 12.7. The highest BCUT2D eigenvalue weighted by Crippen LogP contribution is 2.30. The monoisotopic (exact) mass is 364 g/mol. The van der Waals surface area contributed by atoms with E-state index in [1.807, 2.05) is 12.1 Å². The van der Waals surface area contributed by atoms with E-state index >= 15 is 0 Å². The Hall–Kier alpha value is -2.03. The number of carbonyl (C=O) groups is 1. The molecule has 1 amide bonds. The zero-order valence-electron chi connectivity index (χ0n) is 16.9. The van der Waals surface area contributed by atoms with E-state index in [0.29, 0.717) is 17.9 Å². The van der Waals surface area contributed by atoms with Crippen molar-refractivity contribution in [1.29, 1.82) is 0 Å². The summed E-state index contributed by atoms with van der Waals surface area (Å²) >= 11 is 0. The van der Waals surface area contributed by atoms with Crippen LogP contribution in [0.1, 0.15) is 73.3 Å². The lowest BCUT2D eigenvalue weighted by molar-refractivity contribution is 0.0891. The number of aromatic nitrogens is 1. The van der Waals surface area contributed by atoms with Gasteiger partial charge >= 0.3 is 0 Å². The molecule has 3 atom stereocenters. The SMILES string of the molecule is Cc1cc2c(n1-c1ccc(C(=O)N[C@@H]3CCC[C@@H](C)[C@@H]3C)cc1)CCCC2. The van der Waals surface area contributed by atoms with E-state index < -0.39 is 0 Å². The van der Waals surface area contributed by atoms with Crippen molar-refractivity contribution in [3.05, 3.63) is 52.8 Å². The van der Waals surface area contributed by atoms with E-state index in [2.05, 4.69) is 48.9 Å². The summed E-state index contributed by atoms with van der Waals surface area (Å²) in [4.78, 5) is 12.7. The van der Waals surface area contributed by atoms with Gasteiger partial charge in [0.1, 0.15) is 0 Å². The van der Waals surface area contributed by atoms with Gasteiger partial charge in [-0.3, -0.25) is 4.79 Å². The minimum absolute atomic E-state index is 0.0683. The molecule has 1 fully saturated rings. The van der Waals surface area contributed by atoms with Crippen molar-refractivity contribution in [1.82, 2.24) is 9.88 Å². The molecule has 1 aromatic carbocycles. The van der Waals surface area contributed by atoms with Crippen molar-refractivity contribution >= 4 is 5.91 Å². The van der Waals surface area contributed by atoms with Crippen molar-refractivity contribution in [2.45, 2.75) is 71.8 Å². The molecular weight excluding hydrogens is 332 g/mol. The minimum Gasteiger partial charge on any atom is -0.349 e. The summed E-state index contributed by atoms with van der Waals surface area (Å²) in [6.07, 6.45) is 8.52. The molecule has 1 heterocycles. The quantitative estimate of drug-likeness (QED) is 0.796. The second kappa shape index (κ2) is 7.53. The van der Waals surface area contributed by atoms with Crippen LogP contribution in [0.3, 0.4) is 0 Å². The van der Waals surface area contributed by atoms with Crippen molar-refractivity contribution < 1.29 is 4.79 Å². The van der Waals surface area contributed by atoms with Gasteiger partial charge in [-0.1, -0.05) is 26.7 Å². The summed E-state index contributed by atoms with van der Waals surface area (Å²) in [6.45, 7) is 6.76. The molecule has 1 N–H and O–H groups in total. The van der Waals surface area contributed by atoms with Gasteiger partial charge in [-0.25, -0.2) is 0 Å². The lowest BCUT2D eigenvalue weighted by Gasteiger charge is -2.34. The summed E-state index contributed by atoms with van der Waals surface area (Å²) in [5.41, 5.74) is 6.20. The van der Waals surface area contributed by atoms with Gasteiger partial charge in [0.05, 0.1) is 0 Å². The molecular formula is C24H32N2O. The van der Waals surface area contributed by atoms with Crippen LogP contribution in [-0.2, 0) is 12.8 Å². The van der Waals surface area contributed by atoms with Crippen LogP contribution in [0.15, 0.2) is 30.3 Å². The third-order valence-electron chi connectivity index (χ3n) is 6.90. The maximum absolute atomic E-state index is 12.7. The molecule has 0 spiro atoms. The molecule has 0 unspecified atom stereocenters. The van der Waals surface area contributed by atoms with E-state index in [0.717, 1.165) is 18.4 Å². The van der Waals surface area contributed by atoms with Gasteiger partial charge in [0, 0.05) is 28.7 Å². The molecule has 1 saturated carbocycles. The normalized spacial score (nSPS) is 25.1. The standard InChI is InChI=1S/C24H32N2O/c1-16-7-6-9-22(18(16)3)25-24(27)19-11-13-21(14-12-19)26-17(2)15-20-8-4-5-10-23(20)26/h11-16,18,22H,4-10H2,1-3H3,(H,25,27)/t16-,18+,22-/m1/s1. The molecule has 27 heavy (non-hydrogen) atoms. The van der Waals surface area contributed by atoms with Crippen LogP contribution in [0, 0.1) is 18.8 Å². The van der Waals surface area contributed by atoms with E-state index in [4.69, 9.17) is 0 Å². The zero-order valence-corrected chi connectivity index (χ0v) is 16.9. The number of hydrogen-bond acceptors (Lipinski definition) is 1. The molecule has 4 rings (SSSR count). The summed E-state index contributed by atoms with van der Waals surface area (Å²) < 4.78 is 2.38. The molecule has 0 saturated heterocycles. The molecule has 0 aliphatic heterocycles. The number of hydrogen-bond donors (Lipinski definition) is 1. The van der Waals surface area contributed by atoms with Crippen LogP contribution in [-0.4, -0.2) is 16.5 Å². The van der Waals surface area contributed by atoms with E-state index in [9.17, 15) is 4.79 Å². The summed E-state index contributed by atoms with van der Waals surface area (Å²) in [5.74, 6) is 1.31. The number of rotatable bonds is 3. The molecule has 3 nitrogen and oxygen atoms in total. The Morgan fingerprint density at radius 1 is 1.04 bits per heavy atom. The Kier molecular flexibility index (Phi) is 5.12. The first kappa shape index (κ1) is 18.3. The Morgan fingerprint density at radius 3 is 2.56 bits per heavy atom. The molecule has 1 aromatic heterocycles. The van der Waals surface area contributed by atoms with Crippen LogP contribution in [0.2, 0.25) is 0 Å².